The van der Waals surface area contributed by atoms with Gasteiger partial charge in [-0.3, -0.25) is 0 Å². The van der Waals surface area contributed by atoms with Crippen LogP contribution < -0.4 is 0 Å². The second-order valence-corrected chi connectivity index (χ2v) is 5.83. The van der Waals surface area contributed by atoms with Crippen molar-refractivity contribution in [3.63, 3.8) is 0 Å². The quantitative estimate of drug-likeness (QED) is 0.506. The molecule has 0 fully saturated rings. The fourth-order valence-electron chi connectivity index (χ4n) is 3.03. The molecule has 4 heteroatoms. The van der Waals surface area contributed by atoms with Crippen molar-refractivity contribution in [2.75, 3.05) is 0 Å². The number of carbonyl (C=O) groups is 1. The van der Waals surface area contributed by atoms with E-state index >= 15 is 0 Å². The molecule has 0 aromatic carbocycles. The normalized spacial score (nSPS) is 16.9. The van der Waals surface area contributed by atoms with Crippen LogP contribution in [0.2, 0.25) is 0 Å². The molecule has 0 radical (unpaired) electrons. The molecule has 21 heavy (non-hydrogen) atoms. The maximum Gasteiger partial charge on any atom is 0.333 e. The maximum atomic E-state index is 11.9. The molecule has 1 aliphatic heterocycles. The average molecular weight is 290 g/mol. The van der Waals surface area contributed by atoms with Crippen molar-refractivity contribution in [3.8, 4) is 0 Å². The number of esters is 1. The van der Waals surface area contributed by atoms with Crippen molar-refractivity contribution in [1.82, 2.24) is 9.55 Å². The summed E-state index contributed by atoms with van der Waals surface area (Å²) in [6.07, 6.45) is 15.7. The van der Waals surface area contributed by atoms with Crippen LogP contribution in [-0.2, 0) is 9.53 Å². The minimum atomic E-state index is -0.456. The minimum Gasteiger partial charge on any atom is -0.449 e. The molecule has 0 spiro atoms. The standard InChI is InChI=1S/C17H26N2O2/c1-3-5-7-9-17(10-8-6-4-2)15(13-16(20)21-17)19-12-11-18-14-19/h11-14H,3-10H2,1-2H3. The predicted molar refractivity (Wildman–Crippen MR) is 83.6 cm³/mol. The molecule has 0 N–H and O–H groups in total. The van der Waals surface area contributed by atoms with Gasteiger partial charge in [-0.2, -0.15) is 0 Å². The van der Waals surface area contributed by atoms with Gasteiger partial charge in [0.2, 0.25) is 0 Å². The molecule has 0 saturated heterocycles. The van der Waals surface area contributed by atoms with Gasteiger partial charge in [-0.25, -0.2) is 9.78 Å². The van der Waals surface area contributed by atoms with Crippen LogP contribution in [0.25, 0.3) is 5.70 Å². The summed E-state index contributed by atoms with van der Waals surface area (Å²) < 4.78 is 7.73. The van der Waals surface area contributed by atoms with E-state index < -0.39 is 5.60 Å². The van der Waals surface area contributed by atoms with Gasteiger partial charge in [-0.05, 0) is 25.7 Å². The first-order valence-electron chi connectivity index (χ1n) is 8.15. The summed E-state index contributed by atoms with van der Waals surface area (Å²) in [5, 5.41) is 0. The van der Waals surface area contributed by atoms with Gasteiger partial charge < -0.3 is 9.30 Å². The third kappa shape index (κ3) is 3.74. The Labute approximate surface area is 127 Å². The third-order valence-electron chi connectivity index (χ3n) is 4.17. The smallest absolute Gasteiger partial charge is 0.333 e. The third-order valence-corrected chi connectivity index (χ3v) is 4.17. The largest absolute Gasteiger partial charge is 0.449 e. The number of nitrogens with zero attached hydrogens (tertiary/aromatic N) is 2. The van der Waals surface area contributed by atoms with Gasteiger partial charge in [-0.1, -0.05) is 39.5 Å². The molecule has 0 saturated carbocycles. The van der Waals surface area contributed by atoms with Crippen molar-refractivity contribution in [2.45, 2.75) is 70.8 Å². The first-order chi connectivity index (χ1) is 10.2. The molecule has 1 aromatic rings. The second kappa shape index (κ2) is 7.43. The molecule has 4 nitrogen and oxygen atoms in total. The zero-order chi connectivity index (χ0) is 15.1. The summed E-state index contributed by atoms with van der Waals surface area (Å²) in [5.41, 5.74) is 0.500. The van der Waals surface area contributed by atoms with Crippen LogP contribution >= 0.6 is 0 Å². The van der Waals surface area contributed by atoms with Crippen LogP contribution in [-0.4, -0.2) is 21.1 Å². The summed E-state index contributed by atoms with van der Waals surface area (Å²) in [7, 11) is 0. The number of hydrogen-bond donors (Lipinski definition) is 0. The number of unbranched alkanes of at least 4 members (excludes halogenated alkanes) is 4. The Morgan fingerprint density at radius 2 is 1.81 bits per heavy atom. The van der Waals surface area contributed by atoms with Gasteiger partial charge >= 0.3 is 5.97 Å². The Hall–Kier alpha value is -1.58. The maximum absolute atomic E-state index is 11.9. The Morgan fingerprint density at radius 1 is 1.14 bits per heavy atom. The van der Waals surface area contributed by atoms with Crippen LogP contribution in [0.15, 0.2) is 24.8 Å². The molecule has 0 atom stereocenters. The van der Waals surface area contributed by atoms with Crippen molar-refractivity contribution < 1.29 is 9.53 Å². The van der Waals surface area contributed by atoms with Crippen LogP contribution in [0.5, 0.6) is 0 Å². The van der Waals surface area contributed by atoms with E-state index in [1.165, 1.54) is 25.7 Å². The van der Waals surface area contributed by atoms with E-state index in [0.29, 0.717) is 0 Å². The second-order valence-electron chi connectivity index (χ2n) is 5.83. The van der Waals surface area contributed by atoms with Crippen molar-refractivity contribution >= 4 is 11.7 Å². The Morgan fingerprint density at radius 3 is 2.33 bits per heavy atom. The molecule has 116 valence electrons. The first kappa shape index (κ1) is 15.8. The molecule has 2 rings (SSSR count). The van der Waals surface area contributed by atoms with Gasteiger partial charge in [0.1, 0.15) is 0 Å². The molecule has 0 amide bonds. The SMILES string of the molecule is CCCCCC1(CCCCC)OC(=O)C=C1n1ccnc1. The fraction of sp³-hybridized carbons (Fsp3) is 0.647. The Balaban J connectivity index is 2.19. The summed E-state index contributed by atoms with van der Waals surface area (Å²) in [6.45, 7) is 4.38. The number of ether oxygens (including phenoxy) is 1. The lowest BCUT2D eigenvalue weighted by Gasteiger charge is -2.31. The highest BCUT2D eigenvalue weighted by Crippen LogP contribution is 2.40. The van der Waals surface area contributed by atoms with Crippen LogP contribution in [0.4, 0.5) is 0 Å². The van der Waals surface area contributed by atoms with Gasteiger partial charge in [0, 0.05) is 18.5 Å². The fourth-order valence-corrected chi connectivity index (χ4v) is 3.03. The highest BCUT2D eigenvalue weighted by Gasteiger charge is 2.43. The van der Waals surface area contributed by atoms with E-state index in [9.17, 15) is 4.79 Å². The predicted octanol–water partition coefficient (Wildman–Crippen LogP) is 4.18. The Kier molecular flexibility index (Phi) is 5.59. The zero-order valence-corrected chi connectivity index (χ0v) is 13.2. The highest BCUT2D eigenvalue weighted by molar-refractivity contribution is 5.94. The Bertz CT molecular complexity index is 467. The number of cyclic esters (lactones) is 1. The van der Waals surface area contributed by atoms with Crippen LogP contribution in [0.1, 0.15) is 65.2 Å². The number of imidazole rings is 1. The monoisotopic (exact) mass is 290 g/mol. The lowest BCUT2D eigenvalue weighted by atomic mass is 9.87. The van der Waals surface area contributed by atoms with Gasteiger partial charge in [-0.15, -0.1) is 0 Å². The summed E-state index contributed by atoms with van der Waals surface area (Å²) in [4.78, 5) is 16.0. The van der Waals surface area contributed by atoms with Crippen LogP contribution in [0.3, 0.4) is 0 Å². The molecule has 0 bridgehead atoms. The average Bonchev–Trinajstić information content (AvgIpc) is 3.08. The highest BCUT2D eigenvalue weighted by atomic mass is 16.6. The van der Waals surface area contributed by atoms with Gasteiger partial charge in [0.25, 0.3) is 0 Å². The van der Waals surface area contributed by atoms with Crippen molar-refractivity contribution in [3.05, 3.63) is 24.8 Å². The molecule has 1 aromatic heterocycles. The first-order valence-corrected chi connectivity index (χ1v) is 8.15. The molecule has 0 unspecified atom stereocenters. The number of carbonyl (C=O) groups excluding carboxylic acids is 1. The lowest BCUT2D eigenvalue weighted by Crippen LogP contribution is -2.33. The zero-order valence-electron chi connectivity index (χ0n) is 13.2. The molecule has 0 aliphatic carbocycles. The molecule has 1 aliphatic rings. The van der Waals surface area contributed by atoms with Gasteiger partial charge in [0.15, 0.2) is 5.60 Å². The number of rotatable bonds is 9. The summed E-state index contributed by atoms with van der Waals surface area (Å²) in [5.74, 6) is -0.216. The summed E-state index contributed by atoms with van der Waals surface area (Å²) in [6, 6.07) is 0. The number of aromatic nitrogens is 2. The molecular formula is C17H26N2O2. The van der Waals surface area contributed by atoms with E-state index in [1.54, 1.807) is 18.6 Å². The topological polar surface area (TPSA) is 44.1 Å². The molecule has 2 heterocycles. The number of hydrogen-bond acceptors (Lipinski definition) is 3. The van der Waals surface area contributed by atoms with E-state index in [2.05, 4.69) is 18.8 Å². The summed E-state index contributed by atoms with van der Waals surface area (Å²) >= 11 is 0. The lowest BCUT2D eigenvalue weighted by molar-refractivity contribution is -0.146. The minimum absolute atomic E-state index is 0.216. The van der Waals surface area contributed by atoms with E-state index in [1.807, 2.05) is 10.8 Å². The molecular weight excluding hydrogens is 264 g/mol. The van der Waals surface area contributed by atoms with Crippen molar-refractivity contribution in [2.24, 2.45) is 0 Å². The van der Waals surface area contributed by atoms with Crippen molar-refractivity contribution in [1.29, 1.82) is 0 Å². The van der Waals surface area contributed by atoms with E-state index in [0.717, 1.165) is 31.4 Å². The van der Waals surface area contributed by atoms with E-state index in [4.69, 9.17) is 4.74 Å². The van der Waals surface area contributed by atoms with Gasteiger partial charge in [0.05, 0.1) is 12.0 Å². The van der Waals surface area contributed by atoms with Crippen LogP contribution in [0, 0.1) is 0 Å². The van der Waals surface area contributed by atoms with E-state index in [-0.39, 0.29) is 5.97 Å².